The SMILES string of the molecule is COc1ccc(Oc2ccc(Br)cc2)c(N)c1. The minimum atomic E-state index is 0.548. The summed E-state index contributed by atoms with van der Waals surface area (Å²) in [5.74, 6) is 2.07. The molecule has 2 N–H and O–H groups in total. The smallest absolute Gasteiger partial charge is 0.150 e. The summed E-state index contributed by atoms with van der Waals surface area (Å²) in [7, 11) is 1.60. The molecule has 0 aromatic heterocycles. The predicted octanol–water partition coefficient (Wildman–Crippen LogP) is 3.83. The van der Waals surface area contributed by atoms with Gasteiger partial charge in [0.2, 0.25) is 0 Å². The Labute approximate surface area is 108 Å². The van der Waals surface area contributed by atoms with Crippen LogP contribution in [0, 0.1) is 0 Å². The lowest BCUT2D eigenvalue weighted by Gasteiger charge is -2.09. The Kier molecular flexibility index (Phi) is 3.54. The number of methoxy groups -OCH3 is 1. The number of ether oxygens (including phenoxy) is 2. The molecule has 0 spiro atoms. The lowest BCUT2D eigenvalue weighted by Crippen LogP contribution is -1.93. The van der Waals surface area contributed by atoms with Gasteiger partial charge in [0, 0.05) is 10.5 Å². The zero-order valence-corrected chi connectivity index (χ0v) is 10.9. The van der Waals surface area contributed by atoms with Crippen LogP contribution in [0.1, 0.15) is 0 Å². The van der Waals surface area contributed by atoms with Crippen LogP contribution in [-0.2, 0) is 0 Å². The molecule has 4 heteroatoms. The minimum Gasteiger partial charge on any atom is -0.497 e. The molecule has 0 heterocycles. The van der Waals surface area contributed by atoms with Gasteiger partial charge < -0.3 is 15.2 Å². The third-order valence-electron chi connectivity index (χ3n) is 2.26. The second-order valence-electron chi connectivity index (χ2n) is 3.46. The summed E-state index contributed by atoms with van der Waals surface area (Å²) >= 11 is 3.37. The zero-order valence-electron chi connectivity index (χ0n) is 9.31. The van der Waals surface area contributed by atoms with Gasteiger partial charge in [0.15, 0.2) is 5.75 Å². The van der Waals surface area contributed by atoms with Crippen molar-refractivity contribution in [2.24, 2.45) is 0 Å². The van der Waals surface area contributed by atoms with Crippen LogP contribution in [0.5, 0.6) is 17.2 Å². The van der Waals surface area contributed by atoms with Crippen LogP contribution < -0.4 is 15.2 Å². The van der Waals surface area contributed by atoms with Gasteiger partial charge in [-0.3, -0.25) is 0 Å². The highest BCUT2D eigenvalue weighted by atomic mass is 79.9. The fraction of sp³-hybridized carbons (Fsp3) is 0.0769. The van der Waals surface area contributed by atoms with Crippen LogP contribution in [-0.4, -0.2) is 7.11 Å². The first kappa shape index (κ1) is 11.8. The van der Waals surface area contributed by atoms with Crippen LogP contribution >= 0.6 is 15.9 Å². The number of hydrogen-bond donors (Lipinski definition) is 1. The molecule has 0 amide bonds. The van der Waals surface area contributed by atoms with E-state index in [1.807, 2.05) is 30.3 Å². The van der Waals surface area contributed by atoms with Crippen molar-refractivity contribution in [2.45, 2.75) is 0 Å². The average Bonchev–Trinajstić information content (AvgIpc) is 2.34. The number of hydrogen-bond acceptors (Lipinski definition) is 3. The summed E-state index contributed by atoms with van der Waals surface area (Å²) < 4.78 is 11.7. The molecule has 2 aromatic rings. The van der Waals surface area contributed by atoms with E-state index in [4.69, 9.17) is 15.2 Å². The topological polar surface area (TPSA) is 44.5 Å². The van der Waals surface area contributed by atoms with Crippen molar-refractivity contribution in [3.8, 4) is 17.2 Å². The summed E-state index contributed by atoms with van der Waals surface area (Å²) in [6.07, 6.45) is 0. The molecule has 0 atom stereocenters. The molecule has 0 unspecified atom stereocenters. The quantitative estimate of drug-likeness (QED) is 0.875. The van der Waals surface area contributed by atoms with E-state index >= 15 is 0 Å². The predicted molar refractivity (Wildman–Crippen MR) is 71.6 cm³/mol. The molecule has 0 aliphatic heterocycles. The van der Waals surface area contributed by atoms with Gasteiger partial charge in [-0.25, -0.2) is 0 Å². The Balaban J connectivity index is 2.21. The number of halogens is 1. The van der Waals surface area contributed by atoms with Crippen LogP contribution in [0.4, 0.5) is 5.69 Å². The van der Waals surface area contributed by atoms with Crippen LogP contribution in [0.2, 0.25) is 0 Å². The third-order valence-corrected chi connectivity index (χ3v) is 2.79. The molecule has 0 bridgehead atoms. The largest absolute Gasteiger partial charge is 0.497 e. The molecule has 0 saturated carbocycles. The highest BCUT2D eigenvalue weighted by molar-refractivity contribution is 9.10. The Morgan fingerprint density at radius 2 is 1.65 bits per heavy atom. The molecule has 0 aliphatic rings. The molecule has 3 nitrogen and oxygen atoms in total. The molecule has 88 valence electrons. The minimum absolute atomic E-state index is 0.548. The zero-order chi connectivity index (χ0) is 12.3. The Morgan fingerprint density at radius 1 is 1.00 bits per heavy atom. The van der Waals surface area contributed by atoms with Crippen molar-refractivity contribution in [1.29, 1.82) is 0 Å². The standard InChI is InChI=1S/C13H12BrNO2/c1-16-11-6-7-13(12(15)8-11)17-10-4-2-9(14)3-5-10/h2-8H,15H2,1H3. The first-order chi connectivity index (χ1) is 8.19. The first-order valence-electron chi connectivity index (χ1n) is 5.06. The second kappa shape index (κ2) is 5.10. The van der Waals surface area contributed by atoms with Crippen molar-refractivity contribution in [3.05, 3.63) is 46.9 Å². The molecule has 2 rings (SSSR count). The Bertz CT molecular complexity index is 511. The van der Waals surface area contributed by atoms with Gasteiger partial charge in [0.05, 0.1) is 12.8 Å². The Morgan fingerprint density at radius 3 is 2.24 bits per heavy atom. The van der Waals surface area contributed by atoms with E-state index in [2.05, 4.69) is 15.9 Å². The summed E-state index contributed by atoms with van der Waals surface area (Å²) in [4.78, 5) is 0. The van der Waals surface area contributed by atoms with Crippen molar-refractivity contribution in [3.63, 3.8) is 0 Å². The van der Waals surface area contributed by atoms with Crippen molar-refractivity contribution >= 4 is 21.6 Å². The van der Waals surface area contributed by atoms with E-state index in [1.165, 1.54) is 0 Å². The number of rotatable bonds is 3. The summed E-state index contributed by atoms with van der Waals surface area (Å²) in [6, 6.07) is 12.9. The fourth-order valence-corrected chi connectivity index (χ4v) is 1.64. The average molecular weight is 294 g/mol. The summed E-state index contributed by atoms with van der Waals surface area (Å²) in [5.41, 5.74) is 6.41. The molecule has 0 fully saturated rings. The van der Waals surface area contributed by atoms with Gasteiger partial charge in [0.1, 0.15) is 11.5 Å². The van der Waals surface area contributed by atoms with E-state index < -0.39 is 0 Å². The number of anilines is 1. The first-order valence-corrected chi connectivity index (χ1v) is 5.85. The van der Waals surface area contributed by atoms with Crippen LogP contribution in [0.25, 0.3) is 0 Å². The lowest BCUT2D eigenvalue weighted by atomic mass is 10.2. The molecule has 0 saturated heterocycles. The molecule has 17 heavy (non-hydrogen) atoms. The van der Waals surface area contributed by atoms with E-state index in [0.717, 1.165) is 10.2 Å². The van der Waals surface area contributed by atoms with Gasteiger partial charge in [-0.1, -0.05) is 15.9 Å². The Hall–Kier alpha value is -1.68. The van der Waals surface area contributed by atoms with Crippen molar-refractivity contribution < 1.29 is 9.47 Å². The lowest BCUT2D eigenvalue weighted by molar-refractivity contribution is 0.413. The maximum Gasteiger partial charge on any atom is 0.150 e. The monoisotopic (exact) mass is 293 g/mol. The van der Waals surface area contributed by atoms with E-state index in [9.17, 15) is 0 Å². The van der Waals surface area contributed by atoms with Gasteiger partial charge in [-0.05, 0) is 36.4 Å². The summed E-state index contributed by atoms with van der Waals surface area (Å²) in [5, 5.41) is 0. The third kappa shape index (κ3) is 2.91. The maximum absolute atomic E-state index is 5.86. The van der Waals surface area contributed by atoms with E-state index in [-0.39, 0.29) is 0 Å². The number of nitrogen functional groups attached to an aromatic ring is 1. The van der Waals surface area contributed by atoms with Gasteiger partial charge >= 0.3 is 0 Å². The van der Waals surface area contributed by atoms with E-state index in [1.54, 1.807) is 19.2 Å². The molecular weight excluding hydrogens is 282 g/mol. The normalized spacial score (nSPS) is 10.0. The van der Waals surface area contributed by atoms with Gasteiger partial charge in [-0.2, -0.15) is 0 Å². The second-order valence-corrected chi connectivity index (χ2v) is 4.38. The highest BCUT2D eigenvalue weighted by Gasteiger charge is 2.03. The molecule has 0 aliphatic carbocycles. The van der Waals surface area contributed by atoms with Crippen LogP contribution in [0.15, 0.2) is 46.9 Å². The molecule has 0 radical (unpaired) electrons. The summed E-state index contributed by atoms with van der Waals surface area (Å²) in [6.45, 7) is 0. The number of benzene rings is 2. The number of nitrogens with two attached hydrogens (primary N) is 1. The van der Waals surface area contributed by atoms with Gasteiger partial charge in [-0.15, -0.1) is 0 Å². The highest BCUT2D eigenvalue weighted by Crippen LogP contribution is 2.30. The molecular formula is C13H12BrNO2. The fourth-order valence-electron chi connectivity index (χ4n) is 1.38. The van der Waals surface area contributed by atoms with Crippen molar-refractivity contribution in [1.82, 2.24) is 0 Å². The van der Waals surface area contributed by atoms with Crippen LogP contribution in [0.3, 0.4) is 0 Å². The molecule has 2 aromatic carbocycles. The maximum atomic E-state index is 5.86. The van der Waals surface area contributed by atoms with Gasteiger partial charge in [0.25, 0.3) is 0 Å². The van der Waals surface area contributed by atoms with E-state index in [0.29, 0.717) is 17.2 Å². The van der Waals surface area contributed by atoms with Crippen molar-refractivity contribution in [2.75, 3.05) is 12.8 Å².